The molecule has 1 unspecified atom stereocenters. The monoisotopic (exact) mass is 280 g/mol. The third kappa shape index (κ3) is 1.96. The molecule has 0 aromatic carbocycles. The highest BCUT2D eigenvalue weighted by molar-refractivity contribution is 6.05. The fourth-order valence-corrected chi connectivity index (χ4v) is 3.23. The Labute approximate surface area is 123 Å². The number of rotatable bonds is 2. The molecule has 4 rings (SSSR count). The predicted molar refractivity (Wildman–Crippen MR) is 80.0 cm³/mol. The zero-order valence-electron chi connectivity index (χ0n) is 11.6. The van der Waals surface area contributed by atoms with Gasteiger partial charge in [0, 0.05) is 25.1 Å². The molecule has 0 saturated carbocycles. The van der Waals surface area contributed by atoms with Gasteiger partial charge in [-0.1, -0.05) is 0 Å². The molecule has 0 bridgehead atoms. The number of aromatic nitrogens is 2. The lowest BCUT2D eigenvalue weighted by Gasteiger charge is -2.38. The molecule has 1 amide bonds. The maximum Gasteiger partial charge on any atom is 0.250 e. The van der Waals surface area contributed by atoms with Crippen LogP contribution in [0.25, 0.3) is 0 Å². The van der Waals surface area contributed by atoms with Gasteiger partial charge in [-0.25, -0.2) is 4.98 Å². The van der Waals surface area contributed by atoms with Crippen molar-refractivity contribution in [1.29, 1.82) is 0 Å². The Morgan fingerprint density at radius 3 is 2.90 bits per heavy atom. The largest absolute Gasteiger partial charge is 0.343 e. The van der Waals surface area contributed by atoms with Gasteiger partial charge in [0.1, 0.15) is 6.04 Å². The molecule has 2 aliphatic rings. The standard InChI is InChI=1S/C16H16N4O/c21-16-14-4-2-10-19(14)15-13(3-1-7-18-15)20(16)11-12-5-8-17-9-6-12/h1,3,5-9,14H,2,4,10-11H2. The molecule has 0 radical (unpaired) electrons. The fourth-order valence-electron chi connectivity index (χ4n) is 3.23. The molecule has 21 heavy (non-hydrogen) atoms. The summed E-state index contributed by atoms with van der Waals surface area (Å²) < 4.78 is 0. The lowest BCUT2D eigenvalue weighted by atomic mass is 10.1. The van der Waals surface area contributed by atoms with E-state index in [1.54, 1.807) is 18.6 Å². The molecule has 106 valence electrons. The molecule has 0 N–H and O–H groups in total. The van der Waals surface area contributed by atoms with Crippen molar-refractivity contribution in [2.75, 3.05) is 16.3 Å². The first kappa shape index (κ1) is 12.3. The molecule has 2 aliphatic heterocycles. The van der Waals surface area contributed by atoms with Crippen LogP contribution in [0.4, 0.5) is 11.5 Å². The summed E-state index contributed by atoms with van der Waals surface area (Å²) in [7, 11) is 0. The second kappa shape index (κ2) is 4.84. The van der Waals surface area contributed by atoms with Gasteiger partial charge in [0.05, 0.1) is 12.2 Å². The Balaban J connectivity index is 1.76. The summed E-state index contributed by atoms with van der Waals surface area (Å²) in [6.45, 7) is 1.49. The Morgan fingerprint density at radius 1 is 1.19 bits per heavy atom. The van der Waals surface area contributed by atoms with Crippen LogP contribution in [0.2, 0.25) is 0 Å². The first-order valence-corrected chi connectivity index (χ1v) is 7.26. The lowest BCUT2D eigenvalue weighted by Crippen LogP contribution is -2.50. The minimum Gasteiger partial charge on any atom is -0.343 e. The van der Waals surface area contributed by atoms with E-state index >= 15 is 0 Å². The predicted octanol–water partition coefficient (Wildman–Crippen LogP) is 1.99. The van der Waals surface area contributed by atoms with Crippen molar-refractivity contribution >= 4 is 17.4 Å². The van der Waals surface area contributed by atoms with Crippen molar-refractivity contribution in [3.8, 4) is 0 Å². The maximum atomic E-state index is 12.8. The smallest absolute Gasteiger partial charge is 0.250 e. The van der Waals surface area contributed by atoms with Gasteiger partial charge in [-0.2, -0.15) is 0 Å². The quantitative estimate of drug-likeness (QED) is 0.844. The number of anilines is 2. The van der Waals surface area contributed by atoms with E-state index in [9.17, 15) is 4.79 Å². The number of fused-ring (bicyclic) bond motifs is 3. The lowest BCUT2D eigenvalue weighted by molar-refractivity contribution is -0.120. The van der Waals surface area contributed by atoms with E-state index in [4.69, 9.17) is 0 Å². The maximum absolute atomic E-state index is 12.8. The van der Waals surface area contributed by atoms with Crippen LogP contribution >= 0.6 is 0 Å². The number of amides is 1. The van der Waals surface area contributed by atoms with Crippen LogP contribution in [0.3, 0.4) is 0 Å². The van der Waals surface area contributed by atoms with Crippen molar-refractivity contribution in [2.24, 2.45) is 0 Å². The van der Waals surface area contributed by atoms with Gasteiger partial charge in [0.15, 0.2) is 5.82 Å². The van der Waals surface area contributed by atoms with Gasteiger partial charge < -0.3 is 9.80 Å². The van der Waals surface area contributed by atoms with E-state index < -0.39 is 0 Å². The Hall–Kier alpha value is -2.43. The zero-order chi connectivity index (χ0) is 14.2. The highest BCUT2D eigenvalue weighted by Crippen LogP contribution is 2.38. The first-order chi connectivity index (χ1) is 10.3. The summed E-state index contributed by atoms with van der Waals surface area (Å²) in [4.78, 5) is 25.4. The van der Waals surface area contributed by atoms with Crippen LogP contribution in [0.1, 0.15) is 18.4 Å². The van der Waals surface area contributed by atoms with Gasteiger partial charge >= 0.3 is 0 Å². The van der Waals surface area contributed by atoms with E-state index in [2.05, 4.69) is 14.9 Å². The van der Waals surface area contributed by atoms with Gasteiger partial charge in [0.25, 0.3) is 0 Å². The van der Waals surface area contributed by atoms with Crippen LogP contribution in [-0.2, 0) is 11.3 Å². The van der Waals surface area contributed by atoms with Gasteiger partial charge in [0.2, 0.25) is 5.91 Å². The summed E-state index contributed by atoms with van der Waals surface area (Å²) in [5.74, 6) is 1.12. The van der Waals surface area contributed by atoms with Crippen LogP contribution < -0.4 is 9.80 Å². The van der Waals surface area contributed by atoms with E-state index in [0.29, 0.717) is 6.54 Å². The number of hydrogen-bond acceptors (Lipinski definition) is 4. The highest BCUT2D eigenvalue weighted by Gasteiger charge is 2.41. The molecular weight excluding hydrogens is 264 g/mol. The van der Waals surface area contributed by atoms with Crippen molar-refractivity contribution in [1.82, 2.24) is 9.97 Å². The van der Waals surface area contributed by atoms with Crippen LogP contribution in [0.15, 0.2) is 42.9 Å². The molecule has 5 heteroatoms. The van der Waals surface area contributed by atoms with E-state index in [-0.39, 0.29) is 11.9 Å². The molecule has 0 spiro atoms. The highest BCUT2D eigenvalue weighted by atomic mass is 16.2. The van der Waals surface area contributed by atoms with E-state index in [1.807, 2.05) is 29.2 Å². The molecule has 0 aliphatic carbocycles. The SMILES string of the molecule is O=C1C2CCCN2c2ncccc2N1Cc1ccncc1. The van der Waals surface area contributed by atoms with Crippen molar-refractivity contribution < 1.29 is 4.79 Å². The molecule has 2 aromatic heterocycles. The van der Waals surface area contributed by atoms with Gasteiger partial charge in [-0.3, -0.25) is 9.78 Å². The molecule has 5 nitrogen and oxygen atoms in total. The van der Waals surface area contributed by atoms with Crippen molar-refractivity contribution in [2.45, 2.75) is 25.4 Å². The molecule has 2 aromatic rings. The molecule has 1 fully saturated rings. The molecule has 1 saturated heterocycles. The normalized spacial score (nSPS) is 20.4. The summed E-state index contributed by atoms with van der Waals surface area (Å²) in [6, 6.07) is 7.72. The number of carbonyl (C=O) groups excluding carboxylic acids is 1. The average Bonchev–Trinajstić information content (AvgIpc) is 3.02. The second-order valence-electron chi connectivity index (χ2n) is 5.48. The fraction of sp³-hybridized carbons (Fsp3) is 0.312. The van der Waals surface area contributed by atoms with Crippen molar-refractivity contribution in [3.63, 3.8) is 0 Å². The topological polar surface area (TPSA) is 49.3 Å². The Morgan fingerprint density at radius 2 is 2.05 bits per heavy atom. The number of nitrogens with zero attached hydrogens (tertiary/aromatic N) is 4. The Kier molecular flexibility index (Phi) is 2.84. The third-order valence-electron chi connectivity index (χ3n) is 4.22. The van der Waals surface area contributed by atoms with Crippen LogP contribution in [0.5, 0.6) is 0 Å². The number of carbonyl (C=O) groups is 1. The molecular formula is C16H16N4O. The van der Waals surface area contributed by atoms with Crippen LogP contribution in [-0.4, -0.2) is 28.5 Å². The average molecular weight is 280 g/mol. The first-order valence-electron chi connectivity index (χ1n) is 7.26. The number of pyridine rings is 2. The second-order valence-corrected chi connectivity index (χ2v) is 5.48. The van der Waals surface area contributed by atoms with Crippen molar-refractivity contribution in [3.05, 3.63) is 48.4 Å². The minimum absolute atomic E-state index is 0.0470. The summed E-state index contributed by atoms with van der Waals surface area (Å²) >= 11 is 0. The summed E-state index contributed by atoms with van der Waals surface area (Å²) in [5, 5.41) is 0. The van der Waals surface area contributed by atoms with E-state index in [0.717, 1.165) is 36.5 Å². The molecule has 4 heterocycles. The summed E-state index contributed by atoms with van der Waals surface area (Å²) in [6.07, 6.45) is 7.29. The minimum atomic E-state index is -0.0470. The molecule has 1 atom stereocenters. The zero-order valence-corrected chi connectivity index (χ0v) is 11.6. The van der Waals surface area contributed by atoms with Crippen LogP contribution in [0, 0.1) is 0 Å². The Bertz CT molecular complexity index is 673. The number of hydrogen-bond donors (Lipinski definition) is 0. The third-order valence-corrected chi connectivity index (χ3v) is 4.22. The van der Waals surface area contributed by atoms with Gasteiger partial charge in [-0.15, -0.1) is 0 Å². The summed E-state index contributed by atoms with van der Waals surface area (Å²) in [5.41, 5.74) is 2.00. The van der Waals surface area contributed by atoms with Gasteiger partial charge in [-0.05, 0) is 42.7 Å². The van der Waals surface area contributed by atoms with E-state index in [1.165, 1.54) is 0 Å².